The van der Waals surface area contributed by atoms with Crippen molar-refractivity contribution in [2.45, 2.75) is 33.1 Å². The number of thiocarbonyl (C=S) groups is 1. The van der Waals surface area contributed by atoms with E-state index in [9.17, 15) is 0 Å². The molecule has 0 unspecified atom stereocenters. The highest BCUT2D eigenvalue weighted by molar-refractivity contribution is 7.80. The highest BCUT2D eigenvalue weighted by atomic mass is 32.1. The summed E-state index contributed by atoms with van der Waals surface area (Å²) in [6.07, 6.45) is 1.76. The van der Waals surface area contributed by atoms with E-state index >= 15 is 0 Å². The molecule has 2 N–H and O–H groups in total. The third-order valence-electron chi connectivity index (χ3n) is 3.54. The Morgan fingerprint density at radius 3 is 2.38 bits per heavy atom. The molecule has 0 aliphatic carbocycles. The van der Waals surface area contributed by atoms with Gasteiger partial charge in [-0.15, -0.1) is 0 Å². The summed E-state index contributed by atoms with van der Waals surface area (Å²) in [4.78, 5) is 4.42. The number of rotatable bonds is 4. The number of aromatic nitrogens is 1. The number of nitrogens with zero attached hydrogens (tertiary/aromatic N) is 2. The van der Waals surface area contributed by atoms with Crippen molar-refractivity contribution in [2.75, 3.05) is 6.54 Å². The fourth-order valence-electron chi connectivity index (χ4n) is 2.21. The standard InChI is InChI=1S/C19H24N4S/c1-5-20-18(24)23-22-17(16-8-6-7-13-21-16)14-9-11-15(12-10-14)19(2,3)4/h6-13H,5H2,1-4H3,(H2,20,23,24)/b22-17+. The van der Waals surface area contributed by atoms with Crippen molar-refractivity contribution >= 4 is 23.0 Å². The fraction of sp³-hybridized carbons (Fsp3) is 0.316. The van der Waals surface area contributed by atoms with Crippen molar-refractivity contribution in [1.82, 2.24) is 15.7 Å². The van der Waals surface area contributed by atoms with Crippen molar-refractivity contribution < 1.29 is 0 Å². The monoisotopic (exact) mass is 340 g/mol. The lowest BCUT2D eigenvalue weighted by atomic mass is 9.86. The van der Waals surface area contributed by atoms with E-state index in [0.717, 1.165) is 23.5 Å². The predicted octanol–water partition coefficient (Wildman–Crippen LogP) is 3.62. The van der Waals surface area contributed by atoms with Gasteiger partial charge in [0.1, 0.15) is 5.71 Å². The van der Waals surface area contributed by atoms with Gasteiger partial charge in [0, 0.05) is 18.3 Å². The van der Waals surface area contributed by atoms with Gasteiger partial charge in [-0.3, -0.25) is 10.4 Å². The molecule has 1 aromatic carbocycles. The molecule has 0 saturated heterocycles. The molecule has 0 spiro atoms. The van der Waals surface area contributed by atoms with Crippen LogP contribution in [0, 0.1) is 0 Å². The fourth-order valence-corrected chi connectivity index (χ4v) is 2.40. The topological polar surface area (TPSA) is 49.3 Å². The number of benzene rings is 1. The Morgan fingerprint density at radius 2 is 1.83 bits per heavy atom. The highest BCUT2D eigenvalue weighted by Crippen LogP contribution is 2.22. The van der Waals surface area contributed by atoms with Crippen molar-refractivity contribution in [1.29, 1.82) is 0 Å². The molecule has 24 heavy (non-hydrogen) atoms. The van der Waals surface area contributed by atoms with Crippen LogP contribution in [0.4, 0.5) is 0 Å². The van der Waals surface area contributed by atoms with Crippen LogP contribution < -0.4 is 10.7 Å². The van der Waals surface area contributed by atoms with Crippen LogP contribution in [0.2, 0.25) is 0 Å². The molecular weight excluding hydrogens is 316 g/mol. The average Bonchev–Trinajstić information content (AvgIpc) is 2.56. The van der Waals surface area contributed by atoms with E-state index in [2.05, 4.69) is 65.9 Å². The molecule has 1 heterocycles. The summed E-state index contributed by atoms with van der Waals surface area (Å²) in [6.45, 7) is 9.34. The Labute approximate surface area is 149 Å². The van der Waals surface area contributed by atoms with Crippen LogP contribution in [-0.4, -0.2) is 22.4 Å². The van der Waals surface area contributed by atoms with Gasteiger partial charge >= 0.3 is 0 Å². The van der Waals surface area contributed by atoms with Gasteiger partial charge in [0.15, 0.2) is 5.11 Å². The summed E-state index contributed by atoms with van der Waals surface area (Å²) in [7, 11) is 0. The maximum absolute atomic E-state index is 5.19. The van der Waals surface area contributed by atoms with E-state index in [1.807, 2.05) is 25.1 Å². The Bertz CT molecular complexity index is 700. The third kappa shape index (κ3) is 4.86. The molecule has 0 amide bonds. The van der Waals surface area contributed by atoms with Gasteiger partial charge in [0.05, 0.1) is 5.69 Å². The minimum absolute atomic E-state index is 0.117. The Kier molecular flexibility index (Phi) is 6.04. The first-order valence-corrected chi connectivity index (χ1v) is 8.46. The largest absolute Gasteiger partial charge is 0.362 e. The number of hydrogen-bond donors (Lipinski definition) is 2. The average molecular weight is 340 g/mol. The molecule has 2 rings (SSSR count). The smallest absolute Gasteiger partial charge is 0.186 e. The Hall–Kier alpha value is -2.27. The Morgan fingerprint density at radius 1 is 1.12 bits per heavy atom. The SMILES string of the molecule is CCNC(=S)N/N=C(\c1ccc(C(C)(C)C)cc1)c1ccccn1. The zero-order chi connectivity index (χ0) is 17.6. The molecule has 0 aliphatic heterocycles. The molecule has 4 nitrogen and oxygen atoms in total. The molecule has 1 aromatic heterocycles. The van der Waals surface area contributed by atoms with E-state index in [4.69, 9.17) is 12.2 Å². The third-order valence-corrected chi connectivity index (χ3v) is 3.77. The molecule has 5 heteroatoms. The van der Waals surface area contributed by atoms with Gasteiger partial charge < -0.3 is 5.32 Å². The molecule has 126 valence electrons. The van der Waals surface area contributed by atoms with Gasteiger partial charge in [-0.25, -0.2) is 0 Å². The number of hydrazone groups is 1. The predicted molar refractivity (Wildman–Crippen MR) is 104 cm³/mol. The molecule has 0 bridgehead atoms. The van der Waals surface area contributed by atoms with Crippen molar-refractivity contribution in [3.8, 4) is 0 Å². The van der Waals surface area contributed by atoms with Crippen LogP contribution in [0.5, 0.6) is 0 Å². The van der Waals surface area contributed by atoms with Crippen LogP contribution in [0.3, 0.4) is 0 Å². The maximum Gasteiger partial charge on any atom is 0.186 e. The lowest BCUT2D eigenvalue weighted by Crippen LogP contribution is -2.32. The minimum Gasteiger partial charge on any atom is -0.362 e. The molecule has 0 saturated carbocycles. The second-order valence-electron chi connectivity index (χ2n) is 6.47. The minimum atomic E-state index is 0.117. The molecular formula is C19H24N4S. The number of pyridine rings is 1. The lowest BCUT2D eigenvalue weighted by molar-refractivity contribution is 0.590. The van der Waals surface area contributed by atoms with Gasteiger partial charge in [-0.2, -0.15) is 5.10 Å². The zero-order valence-corrected chi connectivity index (χ0v) is 15.4. The van der Waals surface area contributed by atoms with E-state index < -0.39 is 0 Å². The second kappa shape index (κ2) is 8.02. The van der Waals surface area contributed by atoms with Crippen LogP contribution in [-0.2, 0) is 5.41 Å². The van der Waals surface area contributed by atoms with E-state index in [1.54, 1.807) is 6.20 Å². The number of nitrogens with one attached hydrogen (secondary N) is 2. The quantitative estimate of drug-likeness (QED) is 0.507. The summed E-state index contributed by atoms with van der Waals surface area (Å²) in [5.41, 5.74) is 6.84. The molecule has 2 aromatic rings. The first-order valence-electron chi connectivity index (χ1n) is 8.05. The van der Waals surface area contributed by atoms with Crippen molar-refractivity contribution in [3.05, 3.63) is 65.5 Å². The molecule has 0 radical (unpaired) electrons. The van der Waals surface area contributed by atoms with Crippen molar-refractivity contribution in [2.24, 2.45) is 5.10 Å². The zero-order valence-electron chi connectivity index (χ0n) is 14.6. The normalized spacial score (nSPS) is 11.9. The van der Waals surface area contributed by atoms with Gasteiger partial charge in [-0.05, 0) is 42.3 Å². The summed E-state index contributed by atoms with van der Waals surface area (Å²) >= 11 is 5.19. The Balaban J connectivity index is 2.36. The van der Waals surface area contributed by atoms with Crippen LogP contribution in [0.25, 0.3) is 0 Å². The van der Waals surface area contributed by atoms with E-state index in [-0.39, 0.29) is 5.41 Å². The highest BCUT2D eigenvalue weighted by Gasteiger charge is 2.15. The summed E-state index contributed by atoms with van der Waals surface area (Å²) in [6, 6.07) is 14.2. The second-order valence-corrected chi connectivity index (χ2v) is 6.88. The van der Waals surface area contributed by atoms with Gasteiger partial charge in [0.2, 0.25) is 0 Å². The molecule has 0 fully saturated rings. The van der Waals surface area contributed by atoms with E-state index in [0.29, 0.717) is 5.11 Å². The first-order chi connectivity index (χ1) is 11.4. The summed E-state index contributed by atoms with van der Waals surface area (Å²) < 4.78 is 0. The van der Waals surface area contributed by atoms with Crippen molar-refractivity contribution in [3.63, 3.8) is 0 Å². The first kappa shape index (κ1) is 18.1. The maximum atomic E-state index is 5.19. The summed E-state index contributed by atoms with van der Waals surface area (Å²) in [5, 5.41) is 8.00. The van der Waals surface area contributed by atoms with Gasteiger partial charge in [0.25, 0.3) is 0 Å². The lowest BCUT2D eigenvalue weighted by Gasteiger charge is -2.19. The van der Waals surface area contributed by atoms with E-state index in [1.165, 1.54) is 5.56 Å². The number of hydrogen-bond acceptors (Lipinski definition) is 3. The van der Waals surface area contributed by atoms with Crippen LogP contribution in [0.1, 0.15) is 44.5 Å². The van der Waals surface area contributed by atoms with Crippen LogP contribution in [0.15, 0.2) is 53.8 Å². The van der Waals surface area contributed by atoms with Crippen LogP contribution >= 0.6 is 12.2 Å². The van der Waals surface area contributed by atoms with Gasteiger partial charge in [-0.1, -0.05) is 51.1 Å². The summed E-state index contributed by atoms with van der Waals surface area (Å²) in [5.74, 6) is 0. The molecule has 0 aliphatic rings. The molecule has 0 atom stereocenters.